The molecule has 6 rings (SSSR count). The number of piperidine rings is 2. The van der Waals surface area contributed by atoms with Gasteiger partial charge in [-0.15, -0.1) is 13.2 Å². The van der Waals surface area contributed by atoms with Crippen molar-refractivity contribution in [3.05, 3.63) is 145 Å². The van der Waals surface area contributed by atoms with Crippen molar-refractivity contribution in [3.8, 4) is 23.0 Å². The van der Waals surface area contributed by atoms with Gasteiger partial charge < -0.3 is 38.2 Å². The van der Waals surface area contributed by atoms with Gasteiger partial charge in [0.2, 0.25) is 31.9 Å². The van der Waals surface area contributed by atoms with Crippen molar-refractivity contribution < 1.29 is 64.4 Å². The third-order valence-corrected chi connectivity index (χ3v) is 18.3. The second-order valence-electron chi connectivity index (χ2n) is 19.0. The molecule has 0 radical (unpaired) electrons. The topological polar surface area (TPSA) is 205 Å². The number of likely N-dealkylation sites (tertiary alicyclic amines) is 2. The van der Waals surface area contributed by atoms with E-state index in [9.17, 15) is 36.0 Å². The normalized spacial score (nSPS) is 15.0. The lowest BCUT2D eigenvalue weighted by molar-refractivity contribution is -0.149. The molecule has 0 spiro atoms. The molecule has 0 aromatic heterocycles. The van der Waals surface area contributed by atoms with Crippen LogP contribution >= 0.6 is 0 Å². The number of ether oxygens (including phenoxy) is 6. The van der Waals surface area contributed by atoms with Crippen molar-refractivity contribution in [1.82, 2.24) is 18.4 Å². The summed E-state index contributed by atoms with van der Waals surface area (Å²) in [5.74, 6) is 0.578. The van der Waals surface area contributed by atoms with Crippen LogP contribution in [0.3, 0.4) is 0 Å². The van der Waals surface area contributed by atoms with E-state index in [0.717, 1.165) is 22.3 Å². The highest BCUT2D eigenvalue weighted by Crippen LogP contribution is 2.29. The molecule has 4 aromatic rings. The maximum Gasteiger partial charge on any atom is 0.308 e. The van der Waals surface area contributed by atoms with Crippen LogP contribution in [0.25, 0.3) is 0 Å². The first-order valence-corrected chi connectivity index (χ1v) is 28.9. The van der Waals surface area contributed by atoms with Crippen LogP contribution in [-0.4, -0.2) is 138 Å². The number of rotatable bonds is 26. The first-order chi connectivity index (χ1) is 37.5. The summed E-state index contributed by atoms with van der Waals surface area (Å²) >= 11 is 0. The molecule has 2 fully saturated rings. The standard InChI is InChI=1S/2C29H38N2O7S/c2*1-5-6-7-27(28(32)30-18-16-24(17-19-30)29(33)38-4)39(34,35)31(20-22-8-12-25(36-2)13-9-22)21-23-10-14-26(37-3)15-11-23/h2*5,8-15,24,27H,1,6-7,16-21H2,2-4H3/t2*27-/m10/s1. The lowest BCUT2D eigenvalue weighted by Crippen LogP contribution is -2.50. The Labute approximate surface area is 461 Å². The number of methoxy groups -OCH3 is 6. The third kappa shape index (κ3) is 17.1. The number of carbonyl (C=O) groups excluding carboxylic acids is 4. The lowest BCUT2D eigenvalue weighted by Gasteiger charge is -2.34. The van der Waals surface area contributed by atoms with Gasteiger partial charge in [-0.1, -0.05) is 60.7 Å². The Bertz CT molecular complexity index is 2500. The smallest absolute Gasteiger partial charge is 0.308 e. The highest BCUT2D eigenvalue weighted by molar-refractivity contribution is 7.90. The quantitative estimate of drug-likeness (QED) is 0.0440. The molecule has 78 heavy (non-hydrogen) atoms. The zero-order valence-corrected chi connectivity index (χ0v) is 47.4. The molecule has 2 atom stereocenters. The van der Waals surface area contributed by atoms with Crippen LogP contribution in [0.5, 0.6) is 23.0 Å². The summed E-state index contributed by atoms with van der Waals surface area (Å²) in [5, 5.41) is -2.55. The van der Waals surface area contributed by atoms with E-state index in [2.05, 4.69) is 13.2 Å². The van der Waals surface area contributed by atoms with Crippen molar-refractivity contribution in [2.75, 3.05) is 68.8 Å². The van der Waals surface area contributed by atoms with Gasteiger partial charge in [0.05, 0.1) is 54.5 Å². The molecule has 2 amide bonds. The summed E-state index contributed by atoms with van der Waals surface area (Å²) in [6.45, 7) is 9.00. The molecule has 18 nitrogen and oxygen atoms in total. The predicted molar refractivity (Wildman–Crippen MR) is 297 cm³/mol. The molecule has 424 valence electrons. The minimum absolute atomic E-state index is 0.0840. The van der Waals surface area contributed by atoms with E-state index < -0.39 is 42.4 Å². The average molecular weight is 1120 g/mol. The molecule has 2 heterocycles. The summed E-state index contributed by atoms with van der Waals surface area (Å²) in [5.41, 5.74) is 3.06. The van der Waals surface area contributed by atoms with Gasteiger partial charge >= 0.3 is 11.9 Å². The Balaban J connectivity index is 0.000000287. The minimum atomic E-state index is -4.11. The summed E-state index contributed by atoms with van der Waals surface area (Å²) < 4.78 is 90.2. The van der Waals surface area contributed by atoms with E-state index in [0.29, 0.717) is 87.7 Å². The van der Waals surface area contributed by atoms with Gasteiger partial charge in [-0.25, -0.2) is 16.8 Å². The molecular weight excluding hydrogens is 1040 g/mol. The molecule has 2 saturated heterocycles. The number of hydrogen-bond donors (Lipinski definition) is 0. The highest BCUT2D eigenvalue weighted by atomic mass is 32.2. The molecule has 4 aromatic carbocycles. The fourth-order valence-corrected chi connectivity index (χ4v) is 13.0. The number of amides is 2. The van der Waals surface area contributed by atoms with E-state index in [1.165, 1.54) is 22.8 Å². The molecule has 0 saturated carbocycles. The van der Waals surface area contributed by atoms with Crippen LogP contribution in [0.2, 0.25) is 0 Å². The van der Waals surface area contributed by atoms with Crippen LogP contribution in [0.4, 0.5) is 0 Å². The van der Waals surface area contributed by atoms with Crippen molar-refractivity contribution in [2.45, 2.75) is 88.0 Å². The van der Waals surface area contributed by atoms with Crippen molar-refractivity contribution in [3.63, 3.8) is 0 Å². The Morgan fingerprint density at radius 3 is 0.923 bits per heavy atom. The first kappa shape index (κ1) is 62.1. The minimum Gasteiger partial charge on any atom is -0.497 e. The fourth-order valence-electron chi connectivity index (χ4n) is 9.32. The Morgan fingerprint density at radius 2 is 0.718 bits per heavy atom. The second-order valence-corrected chi connectivity index (χ2v) is 23.2. The predicted octanol–water partition coefficient (Wildman–Crippen LogP) is 7.56. The summed E-state index contributed by atoms with van der Waals surface area (Å²) in [6, 6.07) is 28.7. The van der Waals surface area contributed by atoms with Crippen molar-refractivity contribution in [1.29, 1.82) is 0 Å². The second kappa shape index (κ2) is 30.4. The average Bonchev–Trinajstić information content (AvgIpc) is 3.50. The molecule has 0 bridgehead atoms. The molecule has 2 aliphatic heterocycles. The van der Waals surface area contributed by atoms with Gasteiger partial charge in [-0.2, -0.15) is 8.61 Å². The maximum absolute atomic E-state index is 14.2. The molecule has 0 unspecified atom stereocenters. The van der Waals surface area contributed by atoms with Crippen LogP contribution in [-0.2, 0) is 74.9 Å². The van der Waals surface area contributed by atoms with Crippen LogP contribution < -0.4 is 18.9 Å². The number of sulfonamides is 2. The molecule has 2 aliphatic rings. The third-order valence-electron chi connectivity index (χ3n) is 14.0. The lowest BCUT2D eigenvalue weighted by atomic mass is 9.96. The van der Waals surface area contributed by atoms with Crippen molar-refractivity contribution >= 4 is 43.8 Å². The van der Waals surface area contributed by atoms with Crippen molar-refractivity contribution in [2.24, 2.45) is 11.8 Å². The van der Waals surface area contributed by atoms with Gasteiger partial charge in [-0.3, -0.25) is 19.2 Å². The molecule has 20 heteroatoms. The van der Waals surface area contributed by atoms with Gasteiger partial charge in [0, 0.05) is 52.4 Å². The molecular formula is C58H76N4O14S2. The maximum atomic E-state index is 14.2. The van der Waals surface area contributed by atoms with E-state index in [1.807, 2.05) is 48.5 Å². The van der Waals surface area contributed by atoms with Gasteiger partial charge in [0.15, 0.2) is 10.5 Å². The Kier molecular flexibility index (Phi) is 24.2. The van der Waals surface area contributed by atoms with Gasteiger partial charge in [-0.05, 0) is 122 Å². The SMILES string of the molecule is C=CCC[C@@H](C(=O)N1CCC(C(=O)OC)CC1)S(=O)(=O)N(Cc1ccc(OC)cc1)Cc1ccc(OC)cc1.C=CCC[C@H](C(=O)N1CCC(C(=O)OC)CC1)S(=O)(=O)N(Cc1ccc(OC)cc1)Cc1ccc(OC)cc1. The summed E-state index contributed by atoms with van der Waals surface area (Å²) in [4.78, 5) is 54.4. The zero-order chi connectivity index (χ0) is 56.8. The molecule has 0 aliphatic carbocycles. The number of allylic oxidation sites excluding steroid dienone is 2. The van der Waals surface area contributed by atoms with Gasteiger partial charge in [0.1, 0.15) is 23.0 Å². The number of carbonyl (C=O) groups is 4. The number of benzene rings is 4. The van der Waals surface area contributed by atoms with Gasteiger partial charge in [0.25, 0.3) is 0 Å². The van der Waals surface area contributed by atoms with Crippen LogP contribution in [0.1, 0.15) is 73.6 Å². The number of hydrogen-bond acceptors (Lipinski definition) is 14. The summed E-state index contributed by atoms with van der Waals surface area (Å²) in [7, 11) is 0.753. The fraction of sp³-hybridized carbons (Fsp3) is 0.448. The largest absolute Gasteiger partial charge is 0.497 e. The van der Waals surface area contributed by atoms with Crippen LogP contribution in [0, 0.1) is 11.8 Å². The van der Waals surface area contributed by atoms with Crippen LogP contribution in [0.15, 0.2) is 122 Å². The summed E-state index contributed by atoms with van der Waals surface area (Å²) in [6.07, 6.45) is 5.96. The monoisotopic (exact) mass is 1120 g/mol. The first-order valence-electron chi connectivity index (χ1n) is 25.9. The Hall–Kier alpha value is -6.74. The number of nitrogens with zero attached hydrogens (tertiary/aromatic N) is 4. The van der Waals surface area contributed by atoms with E-state index in [4.69, 9.17) is 28.4 Å². The van der Waals surface area contributed by atoms with E-state index in [-0.39, 0.29) is 62.8 Å². The zero-order valence-electron chi connectivity index (χ0n) is 45.8. The van der Waals surface area contributed by atoms with E-state index >= 15 is 0 Å². The van der Waals surface area contributed by atoms with E-state index in [1.54, 1.807) is 98.9 Å². The molecule has 0 N–H and O–H groups in total. The highest BCUT2D eigenvalue weighted by Gasteiger charge is 2.42. The number of esters is 2. The Morgan fingerprint density at radius 1 is 0.474 bits per heavy atom.